The molecular formula is C18H21N3O4S. The van der Waals surface area contributed by atoms with Gasteiger partial charge in [-0.15, -0.1) is 0 Å². The average molecular weight is 375 g/mol. The van der Waals surface area contributed by atoms with Crippen LogP contribution in [0.15, 0.2) is 42.6 Å². The van der Waals surface area contributed by atoms with Crippen molar-refractivity contribution in [3.05, 3.63) is 53.9 Å². The molecule has 0 radical (unpaired) electrons. The van der Waals surface area contributed by atoms with Crippen molar-refractivity contribution in [3.63, 3.8) is 0 Å². The van der Waals surface area contributed by atoms with Gasteiger partial charge >= 0.3 is 0 Å². The number of methoxy groups -OCH3 is 1. The van der Waals surface area contributed by atoms with Gasteiger partial charge in [-0.25, -0.2) is 13.4 Å². The molecule has 2 N–H and O–H groups in total. The number of aromatic nitrogens is 1. The molecular weight excluding hydrogens is 354 g/mol. The number of nitrogens with zero attached hydrogens (tertiary/aromatic N) is 1. The molecule has 8 heteroatoms. The molecule has 2 heterocycles. The molecule has 1 unspecified atom stereocenters. The Balaban J connectivity index is 1.53. The lowest BCUT2D eigenvalue weighted by Crippen LogP contribution is -2.24. The summed E-state index contributed by atoms with van der Waals surface area (Å²) in [6.07, 6.45) is 2.14. The number of carbonyl (C=O) groups excluding carboxylic acids is 1. The summed E-state index contributed by atoms with van der Waals surface area (Å²) in [5.74, 6) is 0.844. The molecule has 1 aromatic carbocycles. The summed E-state index contributed by atoms with van der Waals surface area (Å²) in [5, 5.41) is 5.96. The quantitative estimate of drug-likeness (QED) is 0.796. The van der Waals surface area contributed by atoms with Gasteiger partial charge in [-0.2, -0.15) is 0 Å². The highest BCUT2D eigenvalue weighted by Crippen LogP contribution is 2.17. The Morgan fingerprint density at radius 3 is 2.58 bits per heavy atom. The number of hydrogen-bond donors (Lipinski definition) is 2. The van der Waals surface area contributed by atoms with Crippen molar-refractivity contribution in [2.45, 2.75) is 19.0 Å². The molecule has 7 nitrogen and oxygen atoms in total. The van der Waals surface area contributed by atoms with Crippen LogP contribution in [0.1, 0.15) is 22.5 Å². The van der Waals surface area contributed by atoms with Crippen molar-refractivity contribution in [2.24, 2.45) is 0 Å². The molecule has 2 aromatic rings. The van der Waals surface area contributed by atoms with Crippen molar-refractivity contribution in [3.8, 4) is 5.75 Å². The minimum Gasteiger partial charge on any atom is -0.497 e. The summed E-state index contributed by atoms with van der Waals surface area (Å²) in [7, 11) is -1.33. The second-order valence-corrected chi connectivity index (χ2v) is 8.44. The maximum Gasteiger partial charge on any atom is 0.270 e. The van der Waals surface area contributed by atoms with Crippen molar-refractivity contribution in [1.82, 2.24) is 10.3 Å². The number of amides is 1. The molecule has 26 heavy (non-hydrogen) atoms. The van der Waals surface area contributed by atoms with Gasteiger partial charge in [0.1, 0.15) is 11.4 Å². The van der Waals surface area contributed by atoms with Gasteiger partial charge < -0.3 is 15.4 Å². The van der Waals surface area contributed by atoms with Crippen LogP contribution in [0.5, 0.6) is 5.75 Å². The van der Waals surface area contributed by atoms with E-state index in [2.05, 4.69) is 15.6 Å². The van der Waals surface area contributed by atoms with Crippen molar-refractivity contribution in [1.29, 1.82) is 0 Å². The van der Waals surface area contributed by atoms with E-state index in [1.54, 1.807) is 25.4 Å². The molecule has 0 spiro atoms. The molecule has 1 saturated heterocycles. The number of benzene rings is 1. The van der Waals surface area contributed by atoms with Crippen LogP contribution in [-0.4, -0.2) is 44.0 Å². The van der Waals surface area contributed by atoms with E-state index in [0.717, 1.165) is 11.3 Å². The van der Waals surface area contributed by atoms with Crippen LogP contribution in [0, 0.1) is 0 Å². The number of hydrogen-bond acceptors (Lipinski definition) is 6. The third kappa shape index (κ3) is 4.72. The molecule has 1 atom stereocenters. The predicted octanol–water partition coefficient (Wildman–Crippen LogP) is 1.62. The van der Waals surface area contributed by atoms with Gasteiger partial charge in [0.25, 0.3) is 5.91 Å². The number of ether oxygens (including phenoxy) is 1. The molecule has 1 aliphatic rings. The summed E-state index contributed by atoms with van der Waals surface area (Å²) in [6.45, 7) is 0.393. The number of nitrogens with one attached hydrogen (secondary N) is 2. The summed E-state index contributed by atoms with van der Waals surface area (Å²) in [4.78, 5) is 16.3. The Labute approximate surface area is 152 Å². The first kappa shape index (κ1) is 18.2. The van der Waals surface area contributed by atoms with E-state index in [4.69, 9.17) is 4.74 Å². The lowest BCUT2D eigenvalue weighted by molar-refractivity contribution is 0.0946. The summed E-state index contributed by atoms with van der Waals surface area (Å²) in [6, 6.07) is 10.7. The smallest absolute Gasteiger partial charge is 0.270 e. The molecule has 0 saturated carbocycles. The zero-order valence-electron chi connectivity index (χ0n) is 14.4. The fraction of sp³-hybridized carbons (Fsp3) is 0.333. The van der Waals surface area contributed by atoms with Crippen LogP contribution in [0.2, 0.25) is 0 Å². The molecule has 1 aromatic heterocycles. The van der Waals surface area contributed by atoms with Crippen LogP contribution in [0.3, 0.4) is 0 Å². The molecule has 138 valence electrons. The first-order chi connectivity index (χ1) is 12.4. The van der Waals surface area contributed by atoms with Gasteiger partial charge in [0.15, 0.2) is 9.84 Å². The summed E-state index contributed by atoms with van der Waals surface area (Å²) < 4.78 is 28.1. The maximum atomic E-state index is 12.2. The van der Waals surface area contributed by atoms with Gasteiger partial charge in [0.2, 0.25) is 0 Å². The van der Waals surface area contributed by atoms with Crippen molar-refractivity contribution >= 4 is 21.4 Å². The summed E-state index contributed by atoms with van der Waals surface area (Å²) >= 11 is 0. The minimum atomic E-state index is -2.93. The standard InChI is InChI=1S/C18H21N3O4S/c1-25-16-5-2-13(3-6-16)10-20-18(22)17-7-4-14(11-19-17)21-15-8-9-26(23,24)12-15/h2-7,11,15,21H,8-10,12H2,1H3,(H,20,22). The second kappa shape index (κ2) is 7.74. The molecule has 0 bridgehead atoms. The lowest BCUT2D eigenvalue weighted by Gasteiger charge is -2.12. The normalized spacial score (nSPS) is 18.3. The third-order valence-electron chi connectivity index (χ3n) is 4.21. The Morgan fingerprint density at radius 1 is 1.23 bits per heavy atom. The number of pyridine rings is 1. The lowest BCUT2D eigenvalue weighted by atomic mass is 10.2. The third-order valence-corrected chi connectivity index (χ3v) is 5.98. The number of sulfone groups is 1. The fourth-order valence-corrected chi connectivity index (χ4v) is 4.45. The van der Waals surface area contributed by atoms with Gasteiger partial charge in [0.05, 0.1) is 30.5 Å². The Hall–Kier alpha value is -2.61. The minimum absolute atomic E-state index is 0.100. The zero-order chi connectivity index (χ0) is 18.6. The molecule has 1 amide bonds. The van der Waals surface area contributed by atoms with Crippen molar-refractivity contribution < 1.29 is 17.9 Å². The Kier molecular flexibility index (Phi) is 5.41. The zero-order valence-corrected chi connectivity index (χ0v) is 15.3. The van der Waals surface area contributed by atoms with Gasteiger partial charge in [-0.1, -0.05) is 12.1 Å². The van der Waals surface area contributed by atoms with E-state index >= 15 is 0 Å². The SMILES string of the molecule is COc1ccc(CNC(=O)c2ccc(NC3CCS(=O)(=O)C3)cn2)cc1. The average Bonchev–Trinajstić information content (AvgIpc) is 2.99. The van der Waals surface area contributed by atoms with Crippen LogP contribution in [0.25, 0.3) is 0 Å². The highest BCUT2D eigenvalue weighted by Gasteiger charge is 2.27. The molecule has 1 aliphatic heterocycles. The van der Waals surface area contributed by atoms with E-state index < -0.39 is 9.84 Å². The Morgan fingerprint density at radius 2 is 2.00 bits per heavy atom. The topological polar surface area (TPSA) is 97.4 Å². The van der Waals surface area contributed by atoms with Gasteiger partial charge in [-0.05, 0) is 36.2 Å². The van der Waals surface area contributed by atoms with E-state index in [1.165, 1.54) is 0 Å². The highest BCUT2D eigenvalue weighted by atomic mass is 32.2. The van der Waals surface area contributed by atoms with Crippen LogP contribution >= 0.6 is 0 Å². The van der Waals surface area contributed by atoms with Gasteiger partial charge in [-0.3, -0.25) is 4.79 Å². The predicted molar refractivity (Wildman–Crippen MR) is 99.1 cm³/mol. The van der Waals surface area contributed by atoms with Gasteiger partial charge in [0, 0.05) is 12.6 Å². The molecule has 3 rings (SSSR count). The summed E-state index contributed by atoms with van der Waals surface area (Å²) in [5.41, 5.74) is 1.97. The van der Waals surface area contributed by atoms with E-state index in [9.17, 15) is 13.2 Å². The fourth-order valence-electron chi connectivity index (χ4n) is 2.77. The molecule has 1 fully saturated rings. The number of carbonyl (C=O) groups is 1. The maximum absolute atomic E-state index is 12.2. The highest BCUT2D eigenvalue weighted by molar-refractivity contribution is 7.91. The van der Waals surface area contributed by atoms with E-state index in [0.29, 0.717) is 24.3 Å². The monoisotopic (exact) mass is 375 g/mol. The van der Waals surface area contributed by atoms with E-state index in [-0.39, 0.29) is 23.5 Å². The largest absolute Gasteiger partial charge is 0.497 e. The van der Waals surface area contributed by atoms with Crippen LogP contribution in [0.4, 0.5) is 5.69 Å². The number of rotatable bonds is 6. The Bertz CT molecular complexity index is 864. The molecule has 0 aliphatic carbocycles. The van der Waals surface area contributed by atoms with Crippen LogP contribution in [-0.2, 0) is 16.4 Å². The first-order valence-electron chi connectivity index (χ1n) is 8.29. The number of anilines is 1. The van der Waals surface area contributed by atoms with Crippen LogP contribution < -0.4 is 15.4 Å². The first-order valence-corrected chi connectivity index (χ1v) is 10.1. The van der Waals surface area contributed by atoms with Crippen molar-refractivity contribution in [2.75, 3.05) is 23.9 Å². The van der Waals surface area contributed by atoms with E-state index in [1.807, 2.05) is 24.3 Å². The second-order valence-electron chi connectivity index (χ2n) is 6.21.